The number of hydrogen-bond donors (Lipinski definition) is 3. The zero-order chi connectivity index (χ0) is 15.5. The van der Waals surface area contributed by atoms with Crippen molar-refractivity contribution in [3.05, 3.63) is 24.3 Å². The zero-order valence-electron chi connectivity index (χ0n) is 12.1. The number of anilines is 1. The molecule has 0 unspecified atom stereocenters. The molecule has 0 aliphatic carbocycles. The molecule has 2 rings (SSSR count). The molecule has 1 aromatic carbocycles. The van der Waals surface area contributed by atoms with Crippen molar-refractivity contribution in [2.45, 2.75) is 37.1 Å². The molecular formula is C14H22N3O3S+. The third-order valence-corrected chi connectivity index (χ3v) is 4.84. The van der Waals surface area contributed by atoms with Gasteiger partial charge in [0.1, 0.15) is 0 Å². The predicted octanol–water partition coefficient (Wildman–Crippen LogP) is -0.270. The van der Waals surface area contributed by atoms with Crippen LogP contribution in [0.5, 0.6) is 0 Å². The second kappa shape index (κ2) is 6.55. The molecule has 4 N–H and O–H groups in total. The fourth-order valence-corrected chi connectivity index (χ4v) is 3.19. The Bertz CT molecular complexity index is 610. The van der Waals surface area contributed by atoms with E-state index in [0.29, 0.717) is 5.69 Å². The van der Waals surface area contributed by atoms with E-state index in [1.807, 2.05) is 6.92 Å². The van der Waals surface area contributed by atoms with E-state index in [0.717, 1.165) is 25.9 Å². The van der Waals surface area contributed by atoms with E-state index in [2.05, 4.69) is 5.32 Å². The van der Waals surface area contributed by atoms with Crippen molar-refractivity contribution in [2.75, 3.05) is 18.4 Å². The molecule has 0 aromatic heterocycles. The molecule has 1 aliphatic rings. The number of benzene rings is 1. The lowest BCUT2D eigenvalue weighted by Crippen LogP contribution is -3.17. The van der Waals surface area contributed by atoms with Gasteiger partial charge in [0, 0.05) is 5.69 Å². The number of nitrogens with one attached hydrogen (secondary N) is 2. The molecule has 0 bridgehead atoms. The minimum absolute atomic E-state index is 0.00160. The number of quaternary nitrogens is 1. The smallest absolute Gasteiger partial charge is 0.282 e. The maximum absolute atomic E-state index is 12.3. The van der Waals surface area contributed by atoms with Crippen molar-refractivity contribution >= 4 is 21.6 Å². The molecule has 1 amide bonds. The Morgan fingerprint density at radius 2 is 1.95 bits per heavy atom. The maximum Gasteiger partial charge on any atom is 0.282 e. The zero-order valence-corrected chi connectivity index (χ0v) is 12.9. The Kier molecular flexibility index (Phi) is 4.97. The monoisotopic (exact) mass is 312 g/mol. The molecule has 7 heteroatoms. The van der Waals surface area contributed by atoms with Crippen LogP contribution in [-0.4, -0.2) is 33.5 Å². The van der Waals surface area contributed by atoms with Crippen LogP contribution in [0.4, 0.5) is 5.69 Å². The summed E-state index contributed by atoms with van der Waals surface area (Å²) in [5.41, 5.74) is 0.454. The second-order valence-electron chi connectivity index (χ2n) is 5.50. The molecule has 1 heterocycles. The van der Waals surface area contributed by atoms with Gasteiger partial charge in [0.2, 0.25) is 10.0 Å². The van der Waals surface area contributed by atoms with Gasteiger partial charge in [0.15, 0.2) is 6.04 Å². The third-order valence-electron chi connectivity index (χ3n) is 3.93. The molecule has 21 heavy (non-hydrogen) atoms. The maximum atomic E-state index is 12.3. The SMILES string of the molecule is C[C@@H](C(=O)Nc1cccc(S(N)(=O)=O)c1)[NH+]1CCCCC1. The predicted molar refractivity (Wildman–Crippen MR) is 80.5 cm³/mol. The van der Waals surface area contributed by atoms with Crippen LogP contribution < -0.4 is 15.4 Å². The van der Waals surface area contributed by atoms with Gasteiger partial charge in [0.25, 0.3) is 5.91 Å². The van der Waals surface area contributed by atoms with Gasteiger partial charge < -0.3 is 10.2 Å². The van der Waals surface area contributed by atoms with Crippen LogP contribution in [0.15, 0.2) is 29.2 Å². The second-order valence-corrected chi connectivity index (χ2v) is 7.06. The first-order valence-corrected chi connectivity index (χ1v) is 8.71. The summed E-state index contributed by atoms with van der Waals surface area (Å²) in [5.74, 6) is -0.0986. The molecular weight excluding hydrogens is 290 g/mol. The number of hydrogen-bond acceptors (Lipinski definition) is 3. The standard InChI is InChI=1S/C14H21N3O3S/c1-11(17-8-3-2-4-9-17)14(18)16-12-6-5-7-13(10-12)21(15,19)20/h5-7,10-11H,2-4,8-9H2,1H3,(H,16,18)(H2,15,19,20)/p+1/t11-/m0/s1. The van der Waals surface area contributed by atoms with Crippen LogP contribution in [0, 0.1) is 0 Å². The molecule has 1 aromatic rings. The number of likely N-dealkylation sites (tertiary alicyclic amines) is 1. The highest BCUT2D eigenvalue weighted by Crippen LogP contribution is 2.14. The number of rotatable bonds is 4. The molecule has 1 atom stereocenters. The van der Waals surface area contributed by atoms with Crippen molar-refractivity contribution in [1.29, 1.82) is 0 Å². The number of sulfonamides is 1. The number of piperidine rings is 1. The van der Waals surface area contributed by atoms with E-state index >= 15 is 0 Å². The Labute approximate surface area is 125 Å². The van der Waals surface area contributed by atoms with E-state index in [-0.39, 0.29) is 16.8 Å². The first kappa shape index (κ1) is 15.9. The van der Waals surface area contributed by atoms with Crippen molar-refractivity contribution in [3.8, 4) is 0 Å². The highest BCUT2D eigenvalue weighted by molar-refractivity contribution is 7.89. The topological polar surface area (TPSA) is 93.7 Å². The largest absolute Gasteiger partial charge is 0.325 e. The lowest BCUT2D eigenvalue weighted by molar-refractivity contribution is -0.918. The minimum atomic E-state index is -3.76. The van der Waals surface area contributed by atoms with Gasteiger partial charge in [-0.2, -0.15) is 0 Å². The van der Waals surface area contributed by atoms with E-state index in [9.17, 15) is 13.2 Å². The average molecular weight is 312 g/mol. The van der Waals surface area contributed by atoms with Crippen LogP contribution >= 0.6 is 0 Å². The summed E-state index contributed by atoms with van der Waals surface area (Å²) in [4.78, 5) is 13.5. The highest BCUT2D eigenvalue weighted by atomic mass is 32.2. The first-order valence-electron chi connectivity index (χ1n) is 7.16. The molecule has 0 radical (unpaired) electrons. The van der Waals surface area contributed by atoms with E-state index in [1.54, 1.807) is 12.1 Å². The molecule has 0 saturated carbocycles. The molecule has 6 nitrogen and oxygen atoms in total. The third kappa shape index (κ3) is 4.26. The summed E-state index contributed by atoms with van der Waals surface area (Å²) in [7, 11) is -3.76. The summed E-state index contributed by atoms with van der Waals surface area (Å²) in [6.45, 7) is 3.91. The van der Waals surface area contributed by atoms with Crippen LogP contribution in [0.3, 0.4) is 0 Å². The van der Waals surface area contributed by atoms with Crippen LogP contribution in [0.2, 0.25) is 0 Å². The molecule has 1 saturated heterocycles. The Morgan fingerprint density at radius 1 is 1.29 bits per heavy atom. The number of amides is 1. The average Bonchev–Trinajstić information content (AvgIpc) is 2.47. The quantitative estimate of drug-likeness (QED) is 0.714. The summed E-state index contributed by atoms with van der Waals surface area (Å²) in [6.07, 6.45) is 3.52. The fourth-order valence-electron chi connectivity index (χ4n) is 2.63. The summed E-state index contributed by atoms with van der Waals surface area (Å²) in [5, 5.41) is 7.86. The van der Waals surface area contributed by atoms with Crippen LogP contribution in [0.1, 0.15) is 26.2 Å². The van der Waals surface area contributed by atoms with Gasteiger partial charge in [0.05, 0.1) is 18.0 Å². The Morgan fingerprint density at radius 3 is 2.57 bits per heavy atom. The van der Waals surface area contributed by atoms with Gasteiger partial charge in [-0.3, -0.25) is 4.79 Å². The highest BCUT2D eigenvalue weighted by Gasteiger charge is 2.26. The number of carbonyl (C=O) groups excluding carboxylic acids is 1. The van der Waals surface area contributed by atoms with E-state index in [4.69, 9.17) is 5.14 Å². The summed E-state index contributed by atoms with van der Waals surface area (Å²) >= 11 is 0. The number of primary sulfonamides is 1. The first-order chi connectivity index (χ1) is 9.88. The molecule has 1 fully saturated rings. The van der Waals surface area contributed by atoms with Gasteiger partial charge in [-0.1, -0.05) is 6.07 Å². The van der Waals surface area contributed by atoms with Gasteiger partial charge in [-0.15, -0.1) is 0 Å². The normalized spacial score (nSPS) is 18.2. The fraction of sp³-hybridized carbons (Fsp3) is 0.500. The summed E-state index contributed by atoms with van der Waals surface area (Å²) < 4.78 is 22.6. The van der Waals surface area contributed by atoms with Gasteiger partial charge in [-0.25, -0.2) is 13.6 Å². The Balaban J connectivity index is 2.05. The molecule has 116 valence electrons. The van der Waals surface area contributed by atoms with Crippen molar-refractivity contribution in [1.82, 2.24) is 0 Å². The van der Waals surface area contributed by atoms with E-state index < -0.39 is 10.0 Å². The minimum Gasteiger partial charge on any atom is -0.325 e. The summed E-state index contributed by atoms with van der Waals surface area (Å²) in [6, 6.07) is 5.86. The molecule has 1 aliphatic heterocycles. The number of nitrogens with two attached hydrogens (primary N) is 1. The lowest BCUT2D eigenvalue weighted by atomic mass is 10.1. The van der Waals surface area contributed by atoms with Crippen LogP contribution in [-0.2, 0) is 14.8 Å². The van der Waals surface area contributed by atoms with Crippen molar-refractivity contribution in [3.63, 3.8) is 0 Å². The van der Waals surface area contributed by atoms with Crippen molar-refractivity contribution < 1.29 is 18.1 Å². The Hall–Kier alpha value is -1.44. The molecule has 0 spiro atoms. The number of carbonyl (C=O) groups is 1. The van der Waals surface area contributed by atoms with E-state index in [1.165, 1.54) is 23.5 Å². The lowest BCUT2D eigenvalue weighted by Gasteiger charge is -2.28. The van der Waals surface area contributed by atoms with Crippen LogP contribution in [0.25, 0.3) is 0 Å². The van der Waals surface area contributed by atoms with Crippen molar-refractivity contribution in [2.24, 2.45) is 5.14 Å². The van der Waals surface area contributed by atoms with Gasteiger partial charge in [-0.05, 0) is 44.4 Å². The van der Waals surface area contributed by atoms with Gasteiger partial charge >= 0.3 is 0 Å².